The normalized spacial score (nSPS) is 13.5. The Kier molecular flexibility index (Phi) is 4.50. The fourth-order valence-electron chi connectivity index (χ4n) is 3.57. The summed E-state index contributed by atoms with van der Waals surface area (Å²) in [5, 5.41) is 5.51. The molecule has 0 radical (unpaired) electrons. The maximum absolute atomic E-state index is 6.26. The van der Waals surface area contributed by atoms with E-state index in [1.165, 1.54) is 35.3 Å². The predicted molar refractivity (Wildman–Crippen MR) is 104 cm³/mol. The van der Waals surface area contributed by atoms with Gasteiger partial charge in [-0.25, -0.2) is 0 Å². The quantitative estimate of drug-likeness (QED) is 0.683. The molecule has 4 rings (SSSR count). The molecule has 25 heavy (non-hydrogen) atoms. The molecular weight excluding hydrogens is 332 g/mol. The first kappa shape index (κ1) is 16.2. The van der Waals surface area contributed by atoms with Crippen LogP contribution in [0.25, 0.3) is 10.9 Å². The Balaban J connectivity index is 1.75. The minimum absolute atomic E-state index is 0.745. The number of aryl methyl sites for hydroxylation is 1. The molecule has 0 aliphatic heterocycles. The summed E-state index contributed by atoms with van der Waals surface area (Å²) in [6.07, 6.45) is 4.57. The van der Waals surface area contributed by atoms with Crippen LogP contribution >= 0.6 is 11.6 Å². The van der Waals surface area contributed by atoms with Crippen molar-refractivity contribution in [1.82, 2.24) is 4.98 Å². The van der Waals surface area contributed by atoms with Crippen LogP contribution in [-0.4, -0.2) is 12.1 Å². The van der Waals surface area contributed by atoms with Crippen LogP contribution in [0.2, 0.25) is 5.02 Å². The third kappa shape index (κ3) is 3.29. The maximum Gasteiger partial charge on any atom is 0.119 e. The van der Waals surface area contributed by atoms with E-state index in [-0.39, 0.29) is 0 Å². The molecule has 0 spiro atoms. The van der Waals surface area contributed by atoms with Crippen molar-refractivity contribution >= 4 is 28.2 Å². The highest BCUT2D eigenvalue weighted by Crippen LogP contribution is 2.35. The zero-order valence-corrected chi connectivity index (χ0v) is 15.1. The number of rotatable bonds is 4. The van der Waals surface area contributed by atoms with Crippen LogP contribution < -0.4 is 10.1 Å². The van der Waals surface area contributed by atoms with Crippen LogP contribution in [0.3, 0.4) is 0 Å². The largest absolute Gasteiger partial charge is 0.497 e. The SMILES string of the molecule is COc1cccc(CNc2c3c(nc4ccc(Cl)cc24)CCCC3)c1. The molecule has 0 atom stereocenters. The van der Waals surface area contributed by atoms with Gasteiger partial charge in [0.05, 0.1) is 12.6 Å². The minimum atomic E-state index is 0.745. The van der Waals surface area contributed by atoms with Crippen molar-refractivity contribution in [3.8, 4) is 5.75 Å². The second-order valence-electron chi connectivity index (χ2n) is 6.49. The van der Waals surface area contributed by atoms with Gasteiger partial charge in [-0.15, -0.1) is 0 Å². The average molecular weight is 353 g/mol. The summed E-state index contributed by atoms with van der Waals surface area (Å²) in [5.74, 6) is 0.879. The predicted octanol–water partition coefficient (Wildman–Crippen LogP) is 5.39. The van der Waals surface area contributed by atoms with Crippen LogP contribution in [0.4, 0.5) is 5.69 Å². The van der Waals surface area contributed by atoms with E-state index in [4.69, 9.17) is 21.3 Å². The molecule has 3 nitrogen and oxygen atoms in total. The van der Waals surface area contributed by atoms with Crippen LogP contribution in [0.15, 0.2) is 42.5 Å². The summed E-state index contributed by atoms with van der Waals surface area (Å²) >= 11 is 6.26. The van der Waals surface area contributed by atoms with Gasteiger partial charge >= 0.3 is 0 Å². The fraction of sp³-hybridized carbons (Fsp3) is 0.286. The molecule has 0 unspecified atom stereocenters. The molecule has 2 aromatic carbocycles. The number of nitrogens with one attached hydrogen (secondary N) is 1. The number of benzene rings is 2. The molecule has 0 saturated heterocycles. The lowest BCUT2D eigenvalue weighted by Crippen LogP contribution is -2.11. The van der Waals surface area contributed by atoms with Crippen LogP contribution in [-0.2, 0) is 19.4 Å². The van der Waals surface area contributed by atoms with Gasteiger partial charge in [0.2, 0.25) is 0 Å². The Morgan fingerprint density at radius 3 is 2.88 bits per heavy atom. The van der Waals surface area contributed by atoms with Crippen molar-refractivity contribution in [1.29, 1.82) is 0 Å². The van der Waals surface area contributed by atoms with Crippen molar-refractivity contribution in [3.05, 3.63) is 64.3 Å². The van der Waals surface area contributed by atoms with Gasteiger partial charge in [-0.2, -0.15) is 0 Å². The van der Waals surface area contributed by atoms with Gasteiger partial charge in [0.15, 0.2) is 0 Å². The average Bonchev–Trinajstić information content (AvgIpc) is 2.65. The van der Waals surface area contributed by atoms with Crippen molar-refractivity contribution in [2.75, 3.05) is 12.4 Å². The summed E-state index contributed by atoms with van der Waals surface area (Å²) < 4.78 is 5.33. The number of methoxy groups -OCH3 is 1. The maximum atomic E-state index is 6.26. The van der Waals surface area contributed by atoms with Gasteiger partial charge in [0.1, 0.15) is 5.75 Å². The monoisotopic (exact) mass is 352 g/mol. The topological polar surface area (TPSA) is 34.1 Å². The first-order valence-electron chi connectivity index (χ1n) is 8.72. The Hall–Kier alpha value is -2.26. The van der Waals surface area contributed by atoms with Gasteiger partial charge in [-0.3, -0.25) is 4.98 Å². The number of ether oxygens (including phenoxy) is 1. The molecule has 1 aliphatic rings. The molecule has 0 amide bonds. The zero-order valence-electron chi connectivity index (χ0n) is 14.3. The Morgan fingerprint density at radius 1 is 1.12 bits per heavy atom. The number of hydrogen-bond acceptors (Lipinski definition) is 3. The number of anilines is 1. The first-order valence-corrected chi connectivity index (χ1v) is 9.10. The van der Waals surface area contributed by atoms with Gasteiger partial charge in [0.25, 0.3) is 0 Å². The third-order valence-corrected chi connectivity index (χ3v) is 5.06. The van der Waals surface area contributed by atoms with E-state index in [2.05, 4.69) is 17.4 Å². The summed E-state index contributed by atoms with van der Waals surface area (Å²) in [6.45, 7) is 0.745. The van der Waals surface area contributed by atoms with Gasteiger partial charge in [-0.1, -0.05) is 23.7 Å². The number of pyridine rings is 1. The van der Waals surface area contributed by atoms with Crippen molar-refractivity contribution in [2.45, 2.75) is 32.2 Å². The number of fused-ring (bicyclic) bond motifs is 2. The number of hydrogen-bond donors (Lipinski definition) is 1. The summed E-state index contributed by atoms with van der Waals surface area (Å²) in [6, 6.07) is 14.1. The highest BCUT2D eigenvalue weighted by atomic mass is 35.5. The van der Waals surface area contributed by atoms with E-state index >= 15 is 0 Å². The summed E-state index contributed by atoms with van der Waals surface area (Å²) in [7, 11) is 1.70. The third-order valence-electron chi connectivity index (χ3n) is 4.83. The lowest BCUT2D eigenvalue weighted by Gasteiger charge is -2.22. The molecule has 1 aromatic heterocycles. The van der Waals surface area contributed by atoms with E-state index in [0.29, 0.717) is 0 Å². The molecule has 0 fully saturated rings. The highest BCUT2D eigenvalue weighted by molar-refractivity contribution is 6.31. The molecule has 1 N–H and O–H groups in total. The molecule has 3 aromatic rings. The second-order valence-corrected chi connectivity index (χ2v) is 6.92. The molecule has 1 heterocycles. The van der Waals surface area contributed by atoms with Gasteiger partial charge < -0.3 is 10.1 Å². The van der Waals surface area contributed by atoms with Crippen molar-refractivity contribution < 1.29 is 4.74 Å². The number of halogens is 1. The van der Waals surface area contributed by atoms with Gasteiger partial charge in [-0.05, 0) is 67.1 Å². The second kappa shape index (κ2) is 6.93. The van der Waals surface area contributed by atoms with Crippen molar-refractivity contribution in [2.24, 2.45) is 0 Å². The Labute approximate surface area is 153 Å². The molecular formula is C21H21ClN2O. The van der Waals surface area contributed by atoms with E-state index in [1.807, 2.05) is 30.3 Å². The molecule has 0 saturated carbocycles. The van der Waals surface area contributed by atoms with E-state index in [9.17, 15) is 0 Å². The van der Waals surface area contributed by atoms with Crippen LogP contribution in [0, 0.1) is 0 Å². The molecule has 4 heteroatoms. The molecule has 1 aliphatic carbocycles. The van der Waals surface area contributed by atoms with E-state index in [1.54, 1.807) is 7.11 Å². The standard InChI is InChI=1S/C21H21ClN2O/c1-25-16-6-4-5-14(11-16)13-23-21-17-7-2-3-8-19(17)24-20-10-9-15(22)12-18(20)21/h4-6,9-12H,2-3,7-8,13H2,1H3,(H,23,24). The van der Waals surface area contributed by atoms with Crippen molar-refractivity contribution in [3.63, 3.8) is 0 Å². The molecule has 128 valence electrons. The molecule has 0 bridgehead atoms. The summed E-state index contributed by atoms with van der Waals surface area (Å²) in [5.41, 5.74) is 5.97. The minimum Gasteiger partial charge on any atom is -0.497 e. The van der Waals surface area contributed by atoms with E-state index in [0.717, 1.165) is 41.1 Å². The lowest BCUT2D eigenvalue weighted by molar-refractivity contribution is 0.414. The van der Waals surface area contributed by atoms with Crippen LogP contribution in [0.5, 0.6) is 5.75 Å². The number of aromatic nitrogens is 1. The lowest BCUT2D eigenvalue weighted by atomic mass is 9.92. The number of nitrogens with zero attached hydrogens (tertiary/aromatic N) is 1. The zero-order chi connectivity index (χ0) is 17.2. The Morgan fingerprint density at radius 2 is 2.00 bits per heavy atom. The first-order chi connectivity index (χ1) is 12.2. The highest BCUT2D eigenvalue weighted by Gasteiger charge is 2.18. The Bertz CT molecular complexity index is 923. The van der Waals surface area contributed by atoms with Crippen LogP contribution in [0.1, 0.15) is 29.7 Å². The van der Waals surface area contributed by atoms with E-state index < -0.39 is 0 Å². The summed E-state index contributed by atoms with van der Waals surface area (Å²) in [4.78, 5) is 4.88. The fourth-order valence-corrected chi connectivity index (χ4v) is 3.74. The smallest absolute Gasteiger partial charge is 0.119 e. The van der Waals surface area contributed by atoms with Gasteiger partial charge in [0, 0.05) is 28.3 Å².